The molecule has 0 unspecified atom stereocenters. The topological polar surface area (TPSA) is 38.3 Å². The SMILES string of the molecule is C[N+](C)(C)C/C=C/COC(=O)Nc1ccc(Cl)cc1. The summed E-state index contributed by atoms with van der Waals surface area (Å²) in [6, 6.07) is 6.85. The van der Waals surface area contributed by atoms with Gasteiger partial charge in [-0.1, -0.05) is 11.6 Å². The van der Waals surface area contributed by atoms with Crippen LogP contribution in [0.2, 0.25) is 5.02 Å². The minimum Gasteiger partial charge on any atom is -0.445 e. The van der Waals surface area contributed by atoms with Crippen molar-refractivity contribution in [3.8, 4) is 0 Å². The van der Waals surface area contributed by atoms with E-state index in [2.05, 4.69) is 26.5 Å². The molecule has 0 fully saturated rings. The van der Waals surface area contributed by atoms with Crippen LogP contribution in [-0.2, 0) is 4.74 Å². The van der Waals surface area contributed by atoms with E-state index in [1.54, 1.807) is 24.3 Å². The smallest absolute Gasteiger partial charge is 0.411 e. The van der Waals surface area contributed by atoms with Gasteiger partial charge in [-0.2, -0.15) is 0 Å². The Kier molecular flexibility index (Phi) is 5.86. The molecule has 104 valence electrons. The average molecular weight is 284 g/mol. The van der Waals surface area contributed by atoms with Gasteiger partial charge in [-0.15, -0.1) is 0 Å². The highest BCUT2D eigenvalue weighted by Crippen LogP contribution is 2.13. The molecule has 0 aliphatic carbocycles. The molecule has 1 N–H and O–H groups in total. The highest BCUT2D eigenvalue weighted by Gasteiger charge is 2.03. The second-order valence-electron chi connectivity index (χ2n) is 5.17. The molecule has 0 spiro atoms. The molecule has 0 heterocycles. The normalized spacial score (nSPS) is 11.6. The van der Waals surface area contributed by atoms with Crippen LogP contribution in [-0.4, -0.2) is 44.9 Å². The van der Waals surface area contributed by atoms with Gasteiger partial charge in [0, 0.05) is 10.7 Å². The van der Waals surface area contributed by atoms with E-state index in [9.17, 15) is 4.79 Å². The van der Waals surface area contributed by atoms with Gasteiger partial charge in [0.1, 0.15) is 6.61 Å². The van der Waals surface area contributed by atoms with Crippen molar-refractivity contribution in [2.24, 2.45) is 0 Å². The van der Waals surface area contributed by atoms with Crippen molar-refractivity contribution in [1.82, 2.24) is 0 Å². The second kappa shape index (κ2) is 7.16. The molecular formula is C14H20ClN2O2+. The number of nitrogens with zero attached hydrogens (tertiary/aromatic N) is 1. The summed E-state index contributed by atoms with van der Waals surface area (Å²) >= 11 is 5.75. The molecule has 1 aromatic rings. The summed E-state index contributed by atoms with van der Waals surface area (Å²) < 4.78 is 5.85. The highest BCUT2D eigenvalue weighted by molar-refractivity contribution is 6.30. The van der Waals surface area contributed by atoms with Crippen molar-refractivity contribution in [3.63, 3.8) is 0 Å². The van der Waals surface area contributed by atoms with E-state index in [4.69, 9.17) is 16.3 Å². The molecule has 0 saturated carbocycles. The molecule has 0 aromatic heterocycles. The largest absolute Gasteiger partial charge is 0.445 e. The van der Waals surface area contributed by atoms with Gasteiger partial charge in [0.25, 0.3) is 0 Å². The van der Waals surface area contributed by atoms with E-state index >= 15 is 0 Å². The zero-order valence-corrected chi connectivity index (χ0v) is 12.3. The Morgan fingerprint density at radius 2 is 1.89 bits per heavy atom. The summed E-state index contributed by atoms with van der Waals surface area (Å²) in [6.45, 7) is 1.15. The maximum Gasteiger partial charge on any atom is 0.411 e. The molecule has 1 aromatic carbocycles. The van der Waals surface area contributed by atoms with Gasteiger partial charge < -0.3 is 9.22 Å². The van der Waals surface area contributed by atoms with Crippen molar-refractivity contribution < 1.29 is 14.0 Å². The third-order valence-electron chi connectivity index (χ3n) is 2.22. The number of quaternary nitrogens is 1. The van der Waals surface area contributed by atoms with Crippen LogP contribution in [0.5, 0.6) is 0 Å². The highest BCUT2D eigenvalue weighted by atomic mass is 35.5. The third-order valence-corrected chi connectivity index (χ3v) is 2.47. The number of ether oxygens (including phenoxy) is 1. The van der Waals surface area contributed by atoms with Crippen LogP contribution in [0.15, 0.2) is 36.4 Å². The Hall–Kier alpha value is -1.52. The lowest BCUT2D eigenvalue weighted by atomic mass is 10.3. The van der Waals surface area contributed by atoms with E-state index in [0.717, 1.165) is 11.0 Å². The molecule has 0 radical (unpaired) electrons. The Labute approximate surface area is 119 Å². The minimum atomic E-state index is -0.475. The maximum absolute atomic E-state index is 11.5. The molecule has 0 aliphatic rings. The predicted octanol–water partition coefficient (Wildman–Crippen LogP) is 3.15. The van der Waals surface area contributed by atoms with Gasteiger partial charge in [0.05, 0.1) is 27.7 Å². The van der Waals surface area contributed by atoms with Gasteiger partial charge in [-0.3, -0.25) is 5.32 Å². The van der Waals surface area contributed by atoms with Crippen molar-refractivity contribution in [3.05, 3.63) is 41.4 Å². The molecule has 4 nitrogen and oxygen atoms in total. The number of amides is 1. The van der Waals surface area contributed by atoms with E-state index in [0.29, 0.717) is 10.7 Å². The standard InChI is InChI=1S/C14H19ClN2O2/c1-17(2,3)10-4-5-11-19-14(18)16-13-8-6-12(15)7-9-13/h4-9H,10-11H2,1-3H3/p+1/b5-4+. The fourth-order valence-corrected chi connectivity index (χ4v) is 1.40. The molecule has 1 rings (SSSR count). The monoisotopic (exact) mass is 283 g/mol. The number of hydrogen-bond donors (Lipinski definition) is 1. The lowest BCUT2D eigenvalue weighted by molar-refractivity contribution is -0.864. The zero-order valence-electron chi connectivity index (χ0n) is 11.5. The summed E-state index contributed by atoms with van der Waals surface area (Å²) in [5.74, 6) is 0. The van der Waals surface area contributed by atoms with Gasteiger partial charge in [-0.05, 0) is 36.4 Å². The zero-order chi connectivity index (χ0) is 14.3. The summed E-state index contributed by atoms with van der Waals surface area (Å²) in [4.78, 5) is 11.5. The average Bonchev–Trinajstić information content (AvgIpc) is 2.30. The quantitative estimate of drug-likeness (QED) is 0.666. The summed E-state index contributed by atoms with van der Waals surface area (Å²) in [5, 5.41) is 3.25. The third kappa shape index (κ3) is 7.49. The van der Waals surface area contributed by atoms with Crippen LogP contribution >= 0.6 is 11.6 Å². The lowest BCUT2D eigenvalue weighted by Crippen LogP contribution is -2.34. The Balaban J connectivity index is 2.27. The molecule has 19 heavy (non-hydrogen) atoms. The molecule has 5 heteroatoms. The first kappa shape index (κ1) is 15.5. The molecular weight excluding hydrogens is 264 g/mol. The minimum absolute atomic E-state index is 0.263. The maximum atomic E-state index is 11.5. The number of benzene rings is 1. The molecule has 0 atom stereocenters. The van der Waals surface area contributed by atoms with Gasteiger partial charge in [0.15, 0.2) is 0 Å². The van der Waals surface area contributed by atoms with Crippen LogP contribution in [0.25, 0.3) is 0 Å². The first-order valence-electron chi connectivity index (χ1n) is 6.01. The van der Waals surface area contributed by atoms with Crippen LogP contribution in [0, 0.1) is 0 Å². The number of likely N-dealkylation sites (N-methyl/N-ethyl adjacent to an activating group) is 1. The number of halogens is 1. The summed E-state index contributed by atoms with van der Waals surface area (Å²) in [6.07, 6.45) is 3.36. The van der Waals surface area contributed by atoms with Gasteiger partial charge >= 0.3 is 6.09 Å². The summed E-state index contributed by atoms with van der Waals surface area (Å²) in [7, 11) is 6.29. The van der Waals surface area contributed by atoms with Crippen LogP contribution in [0.1, 0.15) is 0 Å². The number of carbonyl (C=O) groups is 1. The Bertz CT molecular complexity index is 436. The molecule has 0 saturated heterocycles. The number of nitrogens with one attached hydrogen (secondary N) is 1. The van der Waals surface area contributed by atoms with Crippen LogP contribution in [0.4, 0.5) is 10.5 Å². The Morgan fingerprint density at radius 3 is 2.47 bits per heavy atom. The number of rotatable bonds is 5. The van der Waals surface area contributed by atoms with Gasteiger partial charge in [-0.25, -0.2) is 4.79 Å². The van der Waals surface area contributed by atoms with Crippen molar-refractivity contribution in [2.75, 3.05) is 39.6 Å². The van der Waals surface area contributed by atoms with E-state index in [-0.39, 0.29) is 6.61 Å². The van der Waals surface area contributed by atoms with Gasteiger partial charge in [0.2, 0.25) is 0 Å². The van der Waals surface area contributed by atoms with Crippen molar-refractivity contribution >= 4 is 23.4 Å². The fourth-order valence-electron chi connectivity index (χ4n) is 1.27. The van der Waals surface area contributed by atoms with Crippen molar-refractivity contribution in [2.45, 2.75) is 0 Å². The number of hydrogen-bond acceptors (Lipinski definition) is 2. The first-order chi connectivity index (χ1) is 8.87. The predicted molar refractivity (Wildman–Crippen MR) is 78.5 cm³/mol. The van der Waals surface area contributed by atoms with E-state index in [1.807, 2.05) is 12.2 Å². The molecule has 0 bridgehead atoms. The van der Waals surface area contributed by atoms with E-state index < -0.39 is 6.09 Å². The summed E-state index contributed by atoms with van der Waals surface area (Å²) in [5.41, 5.74) is 0.657. The fraction of sp³-hybridized carbons (Fsp3) is 0.357. The van der Waals surface area contributed by atoms with Crippen LogP contribution < -0.4 is 5.32 Å². The number of carbonyl (C=O) groups excluding carboxylic acids is 1. The first-order valence-corrected chi connectivity index (χ1v) is 6.39. The van der Waals surface area contributed by atoms with Crippen LogP contribution in [0.3, 0.4) is 0 Å². The number of anilines is 1. The molecule has 1 amide bonds. The molecule has 0 aliphatic heterocycles. The van der Waals surface area contributed by atoms with E-state index in [1.165, 1.54) is 0 Å². The second-order valence-corrected chi connectivity index (χ2v) is 5.61. The Morgan fingerprint density at radius 1 is 1.26 bits per heavy atom. The van der Waals surface area contributed by atoms with Crippen molar-refractivity contribution in [1.29, 1.82) is 0 Å². The lowest BCUT2D eigenvalue weighted by Gasteiger charge is -2.21.